The Morgan fingerprint density at radius 3 is 2.73 bits per heavy atom. The molecule has 0 radical (unpaired) electrons. The highest BCUT2D eigenvalue weighted by atomic mass is 19.4. The molecule has 0 bridgehead atoms. The molecule has 0 fully saturated rings. The molecule has 1 aromatic carbocycles. The van der Waals surface area contributed by atoms with E-state index in [9.17, 15) is 18.0 Å². The summed E-state index contributed by atoms with van der Waals surface area (Å²) in [6.07, 6.45) is 6.69. The molecule has 33 heavy (non-hydrogen) atoms. The molecule has 0 saturated heterocycles. The molecule has 1 aromatic rings. The van der Waals surface area contributed by atoms with Gasteiger partial charge in [0, 0.05) is 37.3 Å². The van der Waals surface area contributed by atoms with E-state index in [-0.39, 0.29) is 35.7 Å². The normalized spacial score (nSPS) is 25.2. The van der Waals surface area contributed by atoms with Crippen molar-refractivity contribution < 1.29 is 18.0 Å². The number of benzene rings is 1. The van der Waals surface area contributed by atoms with E-state index in [1.165, 1.54) is 6.07 Å². The molecular formula is C25H35F3N4O. The van der Waals surface area contributed by atoms with Gasteiger partial charge in [0.05, 0.1) is 5.56 Å². The predicted molar refractivity (Wildman–Crippen MR) is 126 cm³/mol. The van der Waals surface area contributed by atoms with Crippen molar-refractivity contribution in [2.24, 2.45) is 23.5 Å². The Kier molecular flexibility index (Phi) is 8.46. The van der Waals surface area contributed by atoms with Gasteiger partial charge < -0.3 is 21.7 Å². The molecule has 3 rings (SSSR count). The lowest BCUT2D eigenvalue weighted by Gasteiger charge is -2.43. The molecule has 0 saturated carbocycles. The standard InChI is InChI=1S/C25H35F3N4O/c1-16(15-31-24(33)30-13-12-29)8-10-20-17(2)21-14-19(25(26,27)28)9-11-22(21)32-23(20)18-6-4-3-5-7-18/h3-6,9,11,14,16-18,20,23,32H,7-8,10,12-13,15,29H2,1-2H3,(H2,30,31,33)/t16-,17+,18?,20-,23+/m1/s1. The van der Waals surface area contributed by atoms with Gasteiger partial charge in [-0.05, 0) is 60.8 Å². The summed E-state index contributed by atoms with van der Waals surface area (Å²) in [6.45, 7) is 5.48. The van der Waals surface area contributed by atoms with Crippen LogP contribution in [0.2, 0.25) is 0 Å². The quantitative estimate of drug-likeness (QED) is 0.436. The number of nitrogens with one attached hydrogen (secondary N) is 3. The molecule has 0 aromatic heterocycles. The van der Waals surface area contributed by atoms with Crippen LogP contribution in [0.25, 0.3) is 0 Å². The molecule has 1 aliphatic carbocycles. The van der Waals surface area contributed by atoms with E-state index in [0.717, 1.165) is 36.6 Å². The van der Waals surface area contributed by atoms with Crippen LogP contribution < -0.4 is 21.7 Å². The number of hydrogen-bond acceptors (Lipinski definition) is 3. The van der Waals surface area contributed by atoms with E-state index < -0.39 is 11.7 Å². The molecule has 182 valence electrons. The number of carbonyl (C=O) groups is 1. The van der Waals surface area contributed by atoms with Crippen LogP contribution in [-0.2, 0) is 6.18 Å². The largest absolute Gasteiger partial charge is 0.416 e. The van der Waals surface area contributed by atoms with Gasteiger partial charge in [-0.1, -0.05) is 38.2 Å². The Morgan fingerprint density at radius 2 is 2.06 bits per heavy atom. The minimum Gasteiger partial charge on any atom is -0.381 e. The van der Waals surface area contributed by atoms with Gasteiger partial charge in [0.25, 0.3) is 0 Å². The number of fused-ring (bicyclic) bond motifs is 1. The second kappa shape index (κ2) is 11.1. The average Bonchev–Trinajstić information content (AvgIpc) is 2.80. The smallest absolute Gasteiger partial charge is 0.381 e. The van der Waals surface area contributed by atoms with Crippen LogP contribution in [0.4, 0.5) is 23.7 Å². The van der Waals surface area contributed by atoms with Gasteiger partial charge >= 0.3 is 12.2 Å². The molecule has 0 spiro atoms. The summed E-state index contributed by atoms with van der Waals surface area (Å²) in [5, 5.41) is 9.13. The number of amides is 2. The number of nitrogens with two attached hydrogens (primary N) is 1. The van der Waals surface area contributed by atoms with Crippen LogP contribution in [0.5, 0.6) is 0 Å². The van der Waals surface area contributed by atoms with Gasteiger partial charge in [-0.3, -0.25) is 0 Å². The summed E-state index contributed by atoms with van der Waals surface area (Å²) in [6, 6.07) is 3.95. The molecule has 5 atom stereocenters. The molecule has 5 N–H and O–H groups in total. The first-order valence-electron chi connectivity index (χ1n) is 11.7. The van der Waals surface area contributed by atoms with Gasteiger partial charge in [-0.2, -0.15) is 13.2 Å². The summed E-state index contributed by atoms with van der Waals surface area (Å²) >= 11 is 0. The number of allylic oxidation sites excluding steroid dienone is 3. The fraction of sp³-hybridized carbons (Fsp3) is 0.560. The molecule has 8 heteroatoms. The lowest BCUT2D eigenvalue weighted by Crippen LogP contribution is -2.43. The van der Waals surface area contributed by atoms with Gasteiger partial charge in [0.15, 0.2) is 0 Å². The predicted octanol–water partition coefficient (Wildman–Crippen LogP) is 5.03. The fourth-order valence-corrected chi connectivity index (χ4v) is 4.89. The zero-order chi connectivity index (χ0) is 24.0. The lowest BCUT2D eigenvalue weighted by molar-refractivity contribution is -0.137. The first kappa shape index (κ1) is 25.1. The van der Waals surface area contributed by atoms with Crippen molar-refractivity contribution in [2.45, 2.75) is 51.2 Å². The molecule has 1 aliphatic heterocycles. The maximum absolute atomic E-state index is 13.3. The Labute approximate surface area is 194 Å². The van der Waals surface area contributed by atoms with Crippen molar-refractivity contribution in [3.05, 3.63) is 53.6 Å². The zero-order valence-corrected chi connectivity index (χ0v) is 19.3. The third kappa shape index (κ3) is 6.53. The third-order valence-electron chi connectivity index (χ3n) is 6.80. The number of carbonyl (C=O) groups excluding carboxylic acids is 1. The summed E-state index contributed by atoms with van der Waals surface area (Å²) < 4.78 is 40.0. The van der Waals surface area contributed by atoms with Crippen molar-refractivity contribution in [1.82, 2.24) is 10.6 Å². The minimum absolute atomic E-state index is 0.0131. The number of urea groups is 1. The van der Waals surface area contributed by atoms with Crippen molar-refractivity contribution in [3.8, 4) is 0 Å². The first-order chi connectivity index (χ1) is 15.7. The Bertz CT molecular complexity index is 868. The fourth-order valence-electron chi connectivity index (χ4n) is 4.89. The topological polar surface area (TPSA) is 79.2 Å². The molecule has 1 heterocycles. The second-order valence-corrected chi connectivity index (χ2v) is 9.24. The highest BCUT2D eigenvalue weighted by Crippen LogP contribution is 2.45. The second-order valence-electron chi connectivity index (χ2n) is 9.24. The zero-order valence-electron chi connectivity index (χ0n) is 19.3. The molecular weight excluding hydrogens is 429 g/mol. The maximum atomic E-state index is 13.3. The van der Waals surface area contributed by atoms with Crippen LogP contribution in [0, 0.1) is 17.8 Å². The molecule has 1 unspecified atom stereocenters. The number of rotatable bonds is 8. The van der Waals surface area contributed by atoms with Gasteiger partial charge in [0.2, 0.25) is 0 Å². The highest BCUT2D eigenvalue weighted by Gasteiger charge is 2.39. The number of hydrogen-bond donors (Lipinski definition) is 4. The van der Waals surface area contributed by atoms with E-state index in [4.69, 9.17) is 5.73 Å². The Balaban J connectivity index is 1.73. The van der Waals surface area contributed by atoms with Crippen LogP contribution in [0.15, 0.2) is 42.5 Å². The van der Waals surface area contributed by atoms with Crippen molar-refractivity contribution in [3.63, 3.8) is 0 Å². The van der Waals surface area contributed by atoms with E-state index in [1.807, 2.05) is 19.1 Å². The van der Waals surface area contributed by atoms with E-state index in [0.29, 0.717) is 19.6 Å². The number of alkyl halides is 3. The molecule has 5 nitrogen and oxygen atoms in total. The first-order valence-corrected chi connectivity index (χ1v) is 11.7. The molecule has 2 aliphatic rings. The summed E-state index contributed by atoms with van der Waals surface area (Å²) in [7, 11) is 0. The average molecular weight is 465 g/mol. The van der Waals surface area contributed by atoms with E-state index >= 15 is 0 Å². The van der Waals surface area contributed by atoms with Gasteiger partial charge in [0.1, 0.15) is 0 Å². The molecule has 2 amide bonds. The van der Waals surface area contributed by atoms with Gasteiger partial charge in [-0.25, -0.2) is 4.79 Å². The van der Waals surface area contributed by atoms with Gasteiger partial charge in [-0.15, -0.1) is 0 Å². The SMILES string of the molecule is C[C@H](CC[C@@H]1[C@H](C)c2cc(C(F)(F)F)ccc2N[C@H]1C1C=CC=CC1)CNC(=O)NCCN. The number of halogens is 3. The summed E-state index contributed by atoms with van der Waals surface area (Å²) in [4.78, 5) is 11.8. The van der Waals surface area contributed by atoms with Crippen LogP contribution in [-0.4, -0.2) is 31.7 Å². The monoisotopic (exact) mass is 464 g/mol. The van der Waals surface area contributed by atoms with E-state index in [1.54, 1.807) is 6.07 Å². The maximum Gasteiger partial charge on any atom is 0.416 e. The van der Waals surface area contributed by atoms with Crippen molar-refractivity contribution in [1.29, 1.82) is 0 Å². The van der Waals surface area contributed by atoms with Crippen molar-refractivity contribution >= 4 is 11.7 Å². The third-order valence-corrected chi connectivity index (χ3v) is 6.80. The number of anilines is 1. The van der Waals surface area contributed by atoms with Crippen LogP contribution >= 0.6 is 0 Å². The van der Waals surface area contributed by atoms with E-state index in [2.05, 4.69) is 35.0 Å². The lowest BCUT2D eigenvalue weighted by atomic mass is 9.70. The van der Waals surface area contributed by atoms with Crippen molar-refractivity contribution in [2.75, 3.05) is 25.0 Å². The minimum atomic E-state index is -4.36. The summed E-state index contributed by atoms with van der Waals surface area (Å²) in [5.74, 6) is 0.691. The Hall–Kier alpha value is -2.48. The Morgan fingerprint density at radius 1 is 1.27 bits per heavy atom. The van der Waals surface area contributed by atoms with Crippen LogP contribution in [0.1, 0.15) is 50.2 Å². The highest BCUT2D eigenvalue weighted by molar-refractivity contribution is 5.73. The summed E-state index contributed by atoms with van der Waals surface area (Å²) in [5.41, 5.74) is 6.32. The van der Waals surface area contributed by atoms with Crippen LogP contribution in [0.3, 0.4) is 0 Å².